The van der Waals surface area contributed by atoms with Gasteiger partial charge in [0.1, 0.15) is 0 Å². The molecule has 0 bridgehead atoms. The molecule has 3 heteroatoms. The number of esters is 1. The Morgan fingerprint density at radius 3 is 2.31 bits per heavy atom. The lowest BCUT2D eigenvalue weighted by molar-refractivity contribution is -0.152. The minimum atomic E-state index is -0.665. The van der Waals surface area contributed by atoms with Gasteiger partial charge in [0.05, 0.1) is 7.11 Å². The number of hydrogen-bond donors (Lipinski definition) is 0. The normalized spacial score (nSPS) is 43.1. The third kappa shape index (κ3) is 3.92. The van der Waals surface area contributed by atoms with Crippen molar-refractivity contribution in [2.24, 2.45) is 40.4 Å². The average molecular weight is 405 g/mol. The van der Waals surface area contributed by atoms with Crippen molar-refractivity contribution in [3.63, 3.8) is 0 Å². The molecule has 6 unspecified atom stereocenters. The summed E-state index contributed by atoms with van der Waals surface area (Å²) >= 11 is 0. The minimum absolute atomic E-state index is 0.339. The molecule has 7 atom stereocenters. The number of Topliss-reactive ketones (excluding diaryl/α,β-unsaturated/α-hetero) is 1. The number of carbonyl (C=O) groups is 2. The molecule has 4 aliphatic carbocycles. The highest BCUT2D eigenvalue weighted by atomic mass is 16.5. The first-order chi connectivity index (χ1) is 13.9. The van der Waals surface area contributed by atoms with E-state index >= 15 is 0 Å². The molecule has 4 rings (SSSR count). The summed E-state index contributed by atoms with van der Waals surface area (Å²) in [6.45, 7) is 9.15. The van der Waals surface area contributed by atoms with Crippen molar-refractivity contribution in [3.8, 4) is 0 Å². The van der Waals surface area contributed by atoms with E-state index in [1.807, 2.05) is 13.8 Å². The molecular weight excluding hydrogens is 360 g/mol. The van der Waals surface area contributed by atoms with E-state index < -0.39 is 5.97 Å². The van der Waals surface area contributed by atoms with Gasteiger partial charge in [0.15, 0.2) is 0 Å². The van der Waals surface area contributed by atoms with Crippen molar-refractivity contribution in [1.82, 2.24) is 0 Å². The van der Waals surface area contributed by atoms with E-state index in [1.165, 1.54) is 71.3 Å². The van der Waals surface area contributed by atoms with E-state index in [-0.39, 0.29) is 5.78 Å². The van der Waals surface area contributed by atoms with Gasteiger partial charge < -0.3 is 4.74 Å². The lowest BCUT2D eigenvalue weighted by Crippen LogP contribution is -2.52. The number of methoxy groups -OCH3 is 1. The number of rotatable bonds is 4. The summed E-state index contributed by atoms with van der Waals surface area (Å²) in [5.74, 6) is 3.26. The number of carbonyl (C=O) groups excluding carboxylic acids is 2. The second-order valence-corrected chi connectivity index (χ2v) is 10.7. The first-order valence-corrected chi connectivity index (χ1v) is 12.5. The molecule has 4 saturated carbocycles. The molecule has 0 amide bonds. The van der Waals surface area contributed by atoms with Crippen LogP contribution in [-0.2, 0) is 14.3 Å². The van der Waals surface area contributed by atoms with E-state index in [1.54, 1.807) is 0 Å². The molecule has 0 heterocycles. The molecule has 0 aromatic carbocycles. The Hall–Kier alpha value is -0.860. The van der Waals surface area contributed by atoms with Crippen LogP contribution >= 0.6 is 0 Å². The Bertz CT molecular complexity index is 599. The van der Waals surface area contributed by atoms with Crippen molar-refractivity contribution < 1.29 is 14.3 Å². The second kappa shape index (κ2) is 9.10. The van der Waals surface area contributed by atoms with Gasteiger partial charge in [-0.1, -0.05) is 40.5 Å². The monoisotopic (exact) mass is 404 g/mol. The smallest absolute Gasteiger partial charge is 0.374 e. The molecule has 4 fully saturated rings. The van der Waals surface area contributed by atoms with E-state index in [9.17, 15) is 9.59 Å². The van der Waals surface area contributed by atoms with E-state index in [0.29, 0.717) is 23.2 Å². The molecular formula is C26H44O3. The van der Waals surface area contributed by atoms with Crippen molar-refractivity contribution in [3.05, 3.63) is 0 Å². The van der Waals surface area contributed by atoms with Gasteiger partial charge in [-0.05, 0) is 98.2 Å². The van der Waals surface area contributed by atoms with Crippen molar-refractivity contribution in [1.29, 1.82) is 0 Å². The van der Waals surface area contributed by atoms with Crippen molar-refractivity contribution in [2.45, 2.75) is 105 Å². The first-order valence-electron chi connectivity index (χ1n) is 12.5. The topological polar surface area (TPSA) is 43.4 Å². The molecule has 0 aliphatic heterocycles. The summed E-state index contributed by atoms with van der Waals surface area (Å²) in [5, 5.41) is 0. The highest BCUT2D eigenvalue weighted by Gasteiger charge is 2.59. The SMILES string of the molecule is CC.COC(=O)C(=O)CC[C@H]1CCC2C3CCC4CCCCC4(C)C3CCC21C. The van der Waals surface area contributed by atoms with E-state index in [4.69, 9.17) is 0 Å². The van der Waals surface area contributed by atoms with Gasteiger partial charge in [-0.15, -0.1) is 0 Å². The van der Waals surface area contributed by atoms with Crippen LogP contribution in [-0.4, -0.2) is 18.9 Å². The van der Waals surface area contributed by atoms with Crippen LogP contribution in [0.15, 0.2) is 0 Å². The zero-order valence-electron chi connectivity index (χ0n) is 19.6. The molecule has 0 N–H and O–H groups in total. The first kappa shape index (κ1) is 22.8. The van der Waals surface area contributed by atoms with Gasteiger partial charge in [0.2, 0.25) is 5.78 Å². The maximum Gasteiger partial charge on any atom is 0.374 e. The summed E-state index contributed by atoms with van der Waals surface area (Å²) < 4.78 is 4.60. The van der Waals surface area contributed by atoms with Gasteiger partial charge >= 0.3 is 5.97 Å². The van der Waals surface area contributed by atoms with Crippen LogP contribution in [0, 0.1) is 40.4 Å². The fourth-order valence-corrected chi connectivity index (χ4v) is 8.40. The van der Waals surface area contributed by atoms with Crippen molar-refractivity contribution in [2.75, 3.05) is 7.11 Å². The molecule has 3 nitrogen and oxygen atoms in total. The molecule has 4 aliphatic rings. The minimum Gasteiger partial charge on any atom is -0.463 e. The van der Waals surface area contributed by atoms with Crippen LogP contribution in [0.3, 0.4) is 0 Å². The van der Waals surface area contributed by atoms with Crippen LogP contribution < -0.4 is 0 Å². The van der Waals surface area contributed by atoms with Gasteiger partial charge in [-0.25, -0.2) is 4.79 Å². The molecule has 0 saturated heterocycles. The number of fused-ring (bicyclic) bond motifs is 5. The van der Waals surface area contributed by atoms with Gasteiger partial charge in [-0.2, -0.15) is 0 Å². The Morgan fingerprint density at radius 1 is 0.862 bits per heavy atom. The quantitative estimate of drug-likeness (QED) is 0.392. The summed E-state index contributed by atoms with van der Waals surface area (Å²) in [6, 6.07) is 0. The summed E-state index contributed by atoms with van der Waals surface area (Å²) in [5.41, 5.74) is 0.983. The van der Waals surface area contributed by atoms with Gasteiger partial charge in [0.25, 0.3) is 0 Å². The molecule has 0 spiro atoms. The van der Waals surface area contributed by atoms with Crippen LogP contribution in [0.2, 0.25) is 0 Å². The summed E-state index contributed by atoms with van der Waals surface area (Å²) in [6.07, 6.45) is 15.3. The highest BCUT2D eigenvalue weighted by molar-refractivity contribution is 6.33. The Balaban J connectivity index is 0.00000117. The molecule has 0 radical (unpaired) electrons. The van der Waals surface area contributed by atoms with E-state index in [0.717, 1.165) is 30.1 Å². The lowest BCUT2D eigenvalue weighted by atomic mass is 9.45. The van der Waals surface area contributed by atoms with Gasteiger partial charge in [0, 0.05) is 6.42 Å². The predicted octanol–water partition coefficient (Wildman–Crippen LogP) is 6.58. The largest absolute Gasteiger partial charge is 0.463 e. The number of hydrogen-bond acceptors (Lipinski definition) is 3. The summed E-state index contributed by atoms with van der Waals surface area (Å²) in [7, 11) is 1.30. The highest BCUT2D eigenvalue weighted by Crippen LogP contribution is 2.67. The number of ether oxygens (including phenoxy) is 1. The average Bonchev–Trinajstić information content (AvgIpc) is 3.08. The van der Waals surface area contributed by atoms with Crippen LogP contribution in [0.5, 0.6) is 0 Å². The van der Waals surface area contributed by atoms with Crippen LogP contribution in [0.1, 0.15) is 105 Å². The van der Waals surface area contributed by atoms with Crippen LogP contribution in [0.4, 0.5) is 0 Å². The Labute approximate surface area is 178 Å². The standard InChI is InChI=1S/C24H38O3.C2H6/c1-23-14-5-4-6-16(23)7-10-18-19-11-8-17(9-12-21(25)22(26)27-3)24(19,2)15-13-20(18)23;1-2/h16-20H,4-15H2,1-3H3;1-2H3/t16?,17-,18?,19?,20?,23?,24?;/m1./s1. The molecule has 166 valence electrons. The van der Waals surface area contributed by atoms with Gasteiger partial charge in [-0.3, -0.25) is 4.79 Å². The molecule has 29 heavy (non-hydrogen) atoms. The Morgan fingerprint density at radius 2 is 1.59 bits per heavy atom. The zero-order valence-corrected chi connectivity index (χ0v) is 19.6. The zero-order chi connectivity index (χ0) is 21.2. The summed E-state index contributed by atoms with van der Waals surface area (Å²) in [4.78, 5) is 23.4. The second-order valence-electron chi connectivity index (χ2n) is 10.7. The lowest BCUT2D eigenvalue weighted by Gasteiger charge is -2.60. The molecule has 0 aromatic heterocycles. The van der Waals surface area contributed by atoms with E-state index in [2.05, 4.69) is 18.6 Å². The fourth-order valence-electron chi connectivity index (χ4n) is 8.40. The van der Waals surface area contributed by atoms with Crippen LogP contribution in [0.25, 0.3) is 0 Å². The third-order valence-corrected chi connectivity index (χ3v) is 9.91. The maximum absolute atomic E-state index is 11.9. The molecule has 0 aromatic rings. The van der Waals surface area contributed by atoms with Crippen molar-refractivity contribution >= 4 is 11.8 Å². The number of ketones is 1. The third-order valence-electron chi connectivity index (χ3n) is 9.91. The predicted molar refractivity (Wildman–Crippen MR) is 117 cm³/mol. The maximum atomic E-state index is 11.9. The Kier molecular flexibility index (Phi) is 7.16. The fraction of sp³-hybridized carbons (Fsp3) is 0.923.